The first-order valence-electron chi connectivity index (χ1n) is 6.09. The molecule has 0 fully saturated rings. The van der Waals surface area contributed by atoms with Crippen molar-refractivity contribution in [1.82, 2.24) is 5.32 Å². The zero-order valence-electron chi connectivity index (χ0n) is 10.6. The van der Waals surface area contributed by atoms with Crippen molar-refractivity contribution in [1.29, 1.82) is 0 Å². The van der Waals surface area contributed by atoms with Gasteiger partial charge in [-0.25, -0.2) is 4.39 Å². The van der Waals surface area contributed by atoms with Gasteiger partial charge >= 0.3 is 5.51 Å². The van der Waals surface area contributed by atoms with Crippen LogP contribution in [0, 0.1) is 5.82 Å². The van der Waals surface area contributed by atoms with Gasteiger partial charge in [0.1, 0.15) is 5.82 Å². The van der Waals surface area contributed by atoms with Crippen molar-refractivity contribution in [2.45, 2.75) is 24.8 Å². The maximum Gasteiger partial charge on any atom is 0.441 e. The molecule has 1 N–H and O–H groups in total. The SMILES string of the molecule is CCNCC(CCSC(F)(F)F)c1cccc(F)c1. The third-order valence-corrected chi connectivity index (χ3v) is 3.46. The first kappa shape index (κ1) is 16.3. The van der Waals surface area contributed by atoms with Crippen LogP contribution in [-0.4, -0.2) is 24.4 Å². The predicted octanol–water partition coefficient (Wildman–Crippen LogP) is 4.16. The summed E-state index contributed by atoms with van der Waals surface area (Å²) >= 11 is -0.0273. The molecule has 1 aromatic carbocycles. The molecule has 0 aliphatic carbocycles. The molecule has 0 aliphatic rings. The molecule has 0 amide bonds. The Balaban J connectivity index is 2.61. The van der Waals surface area contributed by atoms with E-state index in [1.165, 1.54) is 12.1 Å². The Hall–Kier alpha value is -0.750. The lowest BCUT2D eigenvalue weighted by atomic mass is 9.96. The molecule has 1 atom stereocenters. The highest BCUT2D eigenvalue weighted by Gasteiger charge is 2.28. The maximum atomic E-state index is 13.2. The lowest BCUT2D eigenvalue weighted by Crippen LogP contribution is -2.22. The van der Waals surface area contributed by atoms with Crippen LogP contribution in [0.25, 0.3) is 0 Å². The van der Waals surface area contributed by atoms with Crippen LogP contribution in [0.15, 0.2) is 24.3 Å². The van der Waals surface area contributed by atoms with E-state index >= 15 is 0 Å². The monoisotopic (exact) mass is 295 g/mol. The van der Waals surface area contributed by atoms with Crippen molar-refractivity contribution >= 4 is 11.8 Å². The molecule has 0 bridgehead atoms. The van der Waals surface area contributed by atoms with Crippen LogP contribution >= 0.6 is 11.8 Å². The summed E-state index contributed by atoms with van der Waals surface area (Å²) in [6.07, 6.45) is 0.362. The van der Waals surface area contributed by atoms with Gasteiger partial charge in [-0.1, -0.05) is 30.8 Å². The zero-order chi connectivity index (χ0) is 14.3. The highest BCUT2D eigenvalue weighted by atomic mass is 32.2. The highest BCUT2D eigenvalue weighted by Crippen LogP contribution is 2.32. The smallest absolute Gasteiger partial charge is 0.316 e. The molecule has 1 nitrogen and oxygen atoms in total. The van der Waals surface area contributed by atoms with Crippen molar-refractivity contribution in [3.05, 3.63) is 35.6 Å². The molecule has 0 radical (unpaired) electrons. The molecule has 0 saturated carbocycles. The van der Waals surface area contributed by atoms with Crippen LogP contribution in [0.4, 0.5) is 17.6 Å². The summed E-state index contributed by atoms with van der Waals surface area (Å²) in [5, 5.41) is 3.10. The fraction of sp³-hybridized carbons (Fsp3) is 0.538. The molecule has 0 saturated heterocycles. The summed E-state index contributed by atoms with van der Waals surface area (Å²) in [5.74, 6) is -0.483. The van der Waals surface area contributed by atoms with E-state index in [0.717, 1.165) is 12.1 Å². The third kappa shape index (κ3) is 6.82. The first-order valence-corrected chi connectivity index (χ1v) is 7.08. The number of halogens is 4. The van der Waals surface area contributed by atoms with Crippen LogP contribution in [0.3, 0.4) is 0 Å². The van der Waals surface area contributed by atoms with Gasteiger partial charge in [0, 0.05) is 12.3 Å². The maximum absolute atomic E-state index is 13.2. The zero-order valence-corrected chi connectivity index (χ0v) is 11.5. The number of thioether (sulfide) groups is 1. The van der Waals surface area contributed by atoms with E-state index in [0.29, 0.717) is 13.0 Å². The van der Waals surface area contributed by atoms with Crippen molar-refractivity contribution in [2.24, 2.45) is 0 Å². The van der Waals surface area contributed by atoms with E-state index in [9.17, 15) is 17.6 Å². The predicted molar refractivity (Wildman–Crippen MR) is 70.8 cm³/mol. The van der Waals surface area contributed by atoms with Crippen LogP contribution in [-0.2, 0) is 0 Å². The van der Waals surface area contributed by atoms with Crippen LogP contribution in [0.1, 0.15) is 24.8 Å². The molecule has 108 valence electrons. The summed E-state index contributed by atoms with van der Waals surface area (Å²) in [6, 6.07) is 6.06. The Labute approximate surface area is 114 Å². The summed E-state index contributed by atoms with van der Waals surface area (Å²) < 4.78 is 49.5. The minimum Gasteiger partial charge on any atom is -0.316 e. The standard InChI is InChI=1S/C13H17F4NS/c1-2-18-9-11(6-7-19-13(15,16)17)10-4-3-5-12(14)8-10/h3-5,8,11,18H,2,6-7,9H2,1H3. The van der Waals surface area contributed by atoms with E-state index in [-0.39, 0.29) is 29.2 Å². The average Bonchev–Trinajstić information content (AvgIpc) is 2.32. The van der Waals surface area contributed by atoms with Gasteiger partial charge in [0.05, 0.1) is 0 Å². The summed E-state index contributed by atoms with van der Waals surface area (Å²) in [6.45, 7) is 3.21. The molecular formula is C13H17F4NS. The Bertz CT molecular complexity index is 381. The number of hydrogen-bond donors (Lipinski definition) is 1. The van der Waals surface area contributed by atoms with E-state index in [2.05, 4.69) is 5.32 Å². The number of nitrogens with one attached hydrogen (secondary N) is 1. The Morgan fingerprint density at radius 1 is 1.32 bits per heavy atom. The van der Waals surface area contributed by atoms with Gasteiger partial charge in [0.2, 0.25) is 0 Å². The molecule has 1 unspecified atom stereocenters. The summed E-state index contributed by atoms with van der Waals surface area (Å²) in [7, 11) is 0. The van der Waals surface area contributed by atoms with E-state index in [4.69, 9.17) is 0 Å². The molecule has 0 aliphatic heterocycles. The molecule has 1 aromatic rings. The second kappa shape index (κ2) is 7.75. The van der Waals surface area contributed by atoms with Gasteiger partial charge in [-0.2, -0.15) is 13.2 Å². The fourth-order valence-corrected chi connectivity index (χ4v) is 2.42. The lowest BCUT2D eigenvalue weighted by Gasteiger charge is -2.18. The normalized spacial score (nSPS) is 13.5. The summed E-state index contributed by atoms with van der Waals surface area (Å²) in [5.41, 5.74) is -3.46. The molecule has 0 aromatic heterocycles. The van der Waals surface area contributed by atoms with E-state index in [1.54, 1.807) is 12.1 Å². The highest BCUT2D eigenvalue weighted by molar-refractivity contribution is 8.00. The Morgan fingerprint density at radius 3 is 2.63 bits per heavy atom. The van der Waals surface area contributed by atoms with Crippen LogP contribution in [0.2, 0.25) is 0 Å². The largest absolute Gasteiger partial charge is 0.441 e. The van der Waals surface area contributed by atoms with Crippen molar-refractivity contribution in [3.8, 4) is 0 Å². The van der Waals surface area contributed by atoms with Gasteiger partial charge in [-0.05, 0) is 36.6 Å². The number of benzene rings is 1. The Morgan fingerprint density at radius 2 is 2.05 bits per heavy atom. The molecule has 0 heterocycles. The number of likely N-dealkylation sites (N-methyl/N-ethyl adjacent to an activating group) is 1. The quantitative estimate of drug-likeness (QED) is 0.758. The minimum atomic E-state index is -4.20. The van der Waals surface area contributed by atoms with E-state index in [1.807, 2.05) is 6.92 Å². The van der Waals surface area contributed by atoms with Crippen molar-refractivity contribution in [2.75, 3.05) is 18.8 Å². The van der Waals surface area contributed by atoms with Crippen molar-refractivity contribution < 1.29 is 17.6 Å². The number of alkyl halides is 3. The average molecular weight is 295 g/mol. The minimum absolute atomic E-state index is 0.0178. The van der Waals surface area contributed by atoms with Gasteiger partial charge in [0.25, 0.3) is 0 Å². The van der Waals surface area contributed by atoms with E-state index < -0.39 is 5.51 Å². The second-order valence-electron chi connectivity index (χ2n) is 4.14. The summed E-state index contributed by atoms with van der Waals surface area (Å²) in [4.78, 5) is 0. The fourth-order valence-electron chi connectivity index (χ4n) is 1.78. The van der Waals surface area contributed by atoms with Gasteiger partial charge in [0.15, 0.2) is 0 Å². The third-order valence-electron chi connectivity index (χ3n) is 2.69. The van der Waals surface area contributed by atoms with Gasteiger partial charge in [-0.3, -0.25) is 0 Å². The van der Waals surface area contributed by atoms with Crippen LogP contribution in [0.5, 0.6) is 0 Å². The lowest BCUT2D eigenvalue weighted by molar-refractivity contribution is -0.0328. The second-order valence-corrected chi connectivity index (χ2v) is 5.30. The molecule has 1 rings (SSSR count). The number of hydrogen-bond acceptors (Lipinski definition) is 2. The van der Waals surface area contributed by atoms with Crippen molar-refractivity contribution in [3.63, 3.8) is 0 Å². The molecule has 19 heavy (non-hydrogen) atoms. The molecule has 6 heteroatoms. The first-order chi connectivity index (χ1) is 8.92. The topological polar surface area (TPSA) is 12.0 Å². The molecule has 0 spiro atoms. The molecular weight excluding hydrogens is 278 g/mol. The van der Waals surface area contributed by atoms with Crippen LogP contribution < -0.4 is 5.32 Å². The Kier molecular flexibility index (Phi) is 6.65. The number of rotatable bonds is 7. The van der Waals surface area contributed by atoms with Gasteiger partial charge in [-0.15, -0.1) is 0 Å². The van der Waals surface area contributed by atoms with Gasteiger partial charge < -0.3 is 5.32 Å².